The first-order chi connectivity index (χ1) is 39.5. The third-order valence-electron chi connectivity index (χ3n) is 22.2. The van der Waals surface area contributed by atoms with Gasteiger partial charge in [-0.3, -0.25) is 0 Å². The second-order valence-electron chi connectivity index (χ2n) is 25.5. The van der Waals surface area contributed by atoms with Crippen LogP contribution in [-0.2, 0) is 16.2 Å². The van der Waals surface area contributed by atoms with Crippen LogP contribution in [0.3, 0.4) is 0 Å². The topological polar surface area (TPSA) is 54.1 Å². The lowest BCUT2D eigenvalue weighted by molar-refractivity contribution is 0.195. The third-order valence-corrected chi connectivity index (χ3v) is 22.2. The summed E-state index contributed by atoms with van der Waals surface area (Å²) in [6, 6.07) is 78.9. The average molecular weight is 1040 g/mol. The van der Waals surface area contributed by atoms with Gasteiger partial charge in [0, 0.05) is 33.6 Å². The molecule has 0 saturated heterocycles. The maximum Gasteiger partial charge on any atom is 0.0991 e. The van der Waals surface area contributed by atoms with Crippen LogP contribution >= 0.6 is 0 Å². The SMILES string of the molecule is CC12CCCCC1(C)N(c1ccc(C#N)cc1)c1ccc(-c3ccc4c(c3)C3(c5cc(-c6ccc7c(c6)C6(C)CCCCC6(C)N7c6ccc(C#N)cc6)ccc5-4)c4ccccc4-c4c3cc3ccc5cccc6ccc4c3c56)cc12. The highest BCUT2D eigenvalue weighted by Crippen LogP contribution is 2.67. The lowest BCUT2D eigenvalue weighted by Gasteiger charge is -2.50. The Bertz CT molecular complexity index is 4440. The predicted octanol–water partition coefficient (Wildman–Crippen LogP) is 19.5. The fourth-order valence-electron chi connectivity index (χ4n) is 17.8. The van der Waals surface area contributed by atoms with Crippen molar-refractivity contribution < 1.29 is 0 Å². The van der Waals surface area contributed by atoms with Crippen LogP contribution in [0.1, 0.15) is 124 Å². The Hall–Kier alpha value is -8.96. The van der Waals surface area contributed by atoms with Crippen molar-refractivity contribution in [2.24, 2.45) is 0 Å². The molecule has 2 fully saturated rings. The molecule has 0 aromatic heterocycles. The fourth-order valence-corrected chi connectivity index (χ4v) is 17.8. The van der Waals surface area contributed by atoms with E-state index in [1.807, 2.05) is 24.3 Å². The number of hydrogen-bond donors (Lipinski definition) is 0. The van der Waals surface area contributed by atoms with Gasteiger partial charge in [0.2, 0.25) is 0 Å². The summed E-state index contributed by atoms with van der Waals surface area (Å²) in [5.41, 5.74) is 23.8. The first-order valence-electron chi connectivity index (χ1n) is 29.5. The van der Waals surface area contributed by atoms with E-state index < -0.39 is 5.41 Å². The van der Waals surface area contributed by atoms with Crippen molar-refractivity contribution in [1.29, 1.82) is 10.5 Å². The van der Waals surface area contributed by atoms with Crippen molar-refractivity contribution in [3.8, 4) is 56.6 Å². The predicted molar refractivity (Wildman–Crippen MR) is 332 cm³/mol. The Morgan fingerprint density at radius 2 is 0.840 bits per heavy atom. The summed E-state index contributed by atoms with van der Waals surface area (Å²) in [6.07, 6.45) is 9.30. The zero-order valence-corrected chi connectivity index (χ0v) is 46.4. The lowest BCUT2D eigenvalue weighted by atomic mass is 9.61. The van der Waals surface area contributed by atoms with Crippen molar-refractivity contribution >= 4 is 55.1 Å². The van der Waals surface area contributed by atoms with E-state index >= 15 is 0 Å². The van der Waals surface area contributed by atoms with Crippen LogP contribution < -0.4 is 9.80 Å². The molecule has 2 saturated carbocycles. The molecule has 11 aromatic carbocycles. The molecule has 0 N–H and O–H groups in total. The first-order valence-corrected chi connectivity index (χ1v) is 29.5. The largest absolute Gasteiger partial charge is 0.334 e. The van der Waals surface area contributed by atoms with Gasteiger partial charge in [-0.15, -0.1) is 0 Å². The van der Waals surface area contributed by atoms with E-state index in [-0.39, 0.29) is 21.9 Å². The maximum absolute atomic E-state index is 9.75. The van der Waals surface area contributed by atoms with Gasteiger partial charge in [0.1, 0.15) is 0 Å². The summed E-state index contributed by atoms with van der Waals surface area (Å²) >= 11 is 0. The van der Waals surface area contributed by atoms with Gasteiger partial charge in [-0.2, -0.15) is 10.5 Å². The Labute approximate surface area is 474 Å². The molecular weight excluding hydrogens is 981 g/mol. The smallest absolute Gasteiger partial charge is 0.0991 e. The standard InChI is InChI=1S/C77H60N4/c1-73-36-7-9-38-75(73,3)80(56-27-16-47(45-78)17-28-56)68-34-25-53(42-65(68)73)51-23-31-58-59-32-24-52(54-26-35-69-66(43-54)74(2)37-8-10-39-76(74,4)81(69)57-29-18-48(46-79)19-30-57)41-64(59)77(63(58)40-51)62-15-6-5-14-60(62)72-61-33-22-50-13-11-12-49-20-21-55(44-67(72)77)71(61)70(49)50/h5-6,11-35,40-44H,7-10,36-39H2,1-4H3. The normalized spacial score (nSPS) is 24.3. The molecule has 4 atom stereocenters. The second kappa shape index (κ2) is 16.1. The number of benzene rings is 11. The molecule has 6 aliphatic rings. The molecule has 388 valence electrons. The summed E-state index contributed by atoms with van der Waals surface area (Å²) in [7, 11) is 0. The van der Waals surface area contributed by atoms with Crippen LogP contribution in [0.4, 0.5) is 22.7 Å². The molecule has 17 rings (SSSR count). The van der Waals surface area contributed by atoms with E-state index in [2.05, 4.69) is 219 Å². The Balaban J connectivity index is 0.886. The number of hydrogen-bond acceptors (Lipinski definition) is 4. The Kier molecular flexibility index (Phi) is 9.33. The van der Waals surface area contributed by atoms with Gasteiger partial charge in [0.05, 0.1) is 39.8 Å². The molecule has 4 heteroatoms. The van der Waals surface area contributed by atoms with Crippen molar-refractivity contribution in [2.75, 3.05) is 9.80 Å². The van der Waals surface area contributed by atoms with Gasteiger partial charge in [-0.05, 0) is 241 Å². The molecule has 81 heavy (non-hydrogen) atoms. The summed E-state index contributed by atoms with van der Waals surface area (Å²) < 4.78 is 0. The molecule has 0 amide bonds. The number of nitriles is 2. The molecule has 4 unspecified atom stereocenters. The Morgan fingerprint density at radius 1 is 0.370 bits per heavy atom. The molecule has 2 heterocycles. The monoisotopic (exact) mass is 1040 g/mol. The lowest BCUT2D eigenvalue weighted by Crippen LogP contribution is -2.54. The van der Waals surface area contributed by atoms with Crippen molar-refractivity contribution in [3.63, 3.8) is 0 Å². The molecule has 0 bridgehead atoms. The summed E-state index contributed by atoms with van der Waals surface area (Å²) in [5.74, 6) is 0. The van der Waals surface area contributed by atoms with Crippen LogP contribution in [0, 0.1) is 22.7 Å². The van der Waals surface area contributed by atoms with Gasteiger partial charge in [-0.1, -0.05) is 143 Å². The molecule has 2 aliphatic heterocycles. The van der Waals surface area contributed by atoms with E-state index in [1.54, 1.807) is 0 Å². The van der Waals surface area contributed by atoms with Crippen molar-refractivity contribution in [3.05, 3.63) is 239 Å². The summed E-state index contributed by atoms with van der Waals surface area (Å²) in [6.45, 7) is 10.0. The van der Waals surface area contributed by atoms with Gasteiger partial charge in [0.15, 0.2) is 0 Å². The van der Waals surface area contributed by atoms with Gasteiger partial charge in [-0.25, -0.2) is 0 Å². The highest BCUT2D eigenvalue weighted by Gasteiger charge is 2.60. The van der Waals surface area contributed by atoms with E-state index in [1.165, 1.54) is 147 Å². The van der Waals surface area contributed by atoms with Crippen LogP contribution in [0.2, 0.25) is 0 Å². The van der Waals surface area contributed by atoms with E-state index in [4.69, 9.17) is 0 Å². The van der Waals surface area contributed by atoms with Gasteiger partial charge >= 0.3 is 0 Å². The van der Waals surface area contributed by atoms with Crippen molar-refractivity contribution in [2.45, 2.75) is 106 Å². The molecule has 1 spiro atoms. The molecule has 4 nitrogen and oxygen atoms in total. The minimum absolute atomic E-state index is 0.0646. The number of fused-ring (bicyclic) bond motifs is 17. The van der Waals surface area contributed by atoms with Crippen LogP contribution in [-0.4, -0.2) is 11.1 Å². The molecule has 4 aliphatic carbocycles. The summed E-state index contributed by atoms with van der Waals surface area (Å²) in [5, 5.41) is 27.4. The third kappa shape index (κ3) is 5.78. The van der Waals surface area contributed by atoms with Crippen LogP contribution in [0.15, 0.2) is 194 Å². The molecule has 0 radical (unpaired) electrons. The Morgan fingerprint density at radius 3 is 1.37 bits per heavy atom. The van der Waals surface area contributed by atoms with Gasteiger partial charge in [0.25, 0.3) is 0 Å². The highest BCUT2D eigenvalue weighted by atomic mass is 15.3. The van der Waals surface area contributed by atoms with E-state index in [0.717, 1.165) is 37.1 Å². The quantitative estimate of drug-likeness (QED) is 0.165. The minimum atomic E-state index is -0.610. The average Bonchev–Trinajstić information content (AvgIpc) is 2.10. The van der Waals surface area contributed by atoms with Gasteiger partial charge < -0.3 is 9.80 Å². The second-order valence-corrected chi connectivity index (χ2v) is 25.5. The molecule has 11 aromatic rings. The number of anilines is 4. The minimum Gasteiger partial charge on any atom is -0.334 e. The van der Waals surface area contributed by atoms with E-state index in [9.17, 15) is 10.5 Å². The van der Waals surface area contributed by atoms with Crippen molar-refractivity contribution in [1.82, 2.24) is 0 Å². The highest BCUT2D eigenvalue weighted by molar-refractivity contribution is 6.27. The van der Waals surface area contributed by atoms with Crippen LogP contribution in [0.25, 0.3) is 76.8 Å². The number of nitrogens with zero attached hydrogens (tertiary/aromatic N) is 4. The van der Waals surface area contributed by atoms with Crippen LogP contribution in [0.5, 0.6) is 0 Å². The molecular formula is C77H60N4. The fraction of sp³-hybridized carbons (Fsp3) is 0.221. The maximum atomic E-state index is 9.75. The zero-order chi connectivity index (χ0) is 54.4. The summed E-state index contributed by atoms with van der Waals surface area (Å²) in [4.78, 5) is 5.23. The first kappa shape index (κ1) is 46.9. The van der Waals surface area contributed by atoms with E-state index in [0.29, 0.717) is 11.1 Å². The number of rotatable bonds is 4. The zero-order valence-electron chi connectivity index (χ0n) is 46.4.